The number of halogens is 1. The molecule has 9 heteroatoms. The molecule has 0 aliphatic heterocycles. The van der Waals surface area contributed by atoms with Crippen molar-refractivity contribution in [3.63, 3.8) is 0 Å². The number of nitro groups is 1. The van der Waals surface area contributed by atoms with E-state index in [-0.39, 0.29) is 18.6 Å². The monoisotopic (exact) mass is 300 g/mol. The van der Waals surface area contributed by atoms with E-state index in [9.17, 15) is 24.1 Å². The van der Waals surface area contributed by atoms with E-state index < -0.39 is 34.3 Å². The molecule has 21 heavy (non-hydrogen) atoms. The van der Waals surface area contributed by atoms with Gasteiger partial charge in [0.05, 0.1) is 11.0 Å². The number of nitrogens with one attached hydrogen (secondary N) is 1. The summed E-state index contributed by atoms with van der Waals surface area (Å²) >= 11 is 0. The van der Waals surface area contributed by atoms with Gasteiger partial charge in [-0.1, -0.05) is 0 Å². The zero-order chi connectivity index (χ0) is 16.0. The number of non-ortho nitro benzene ring substituents is 1. The van der Waals surface area contributed by atoms with Crippen LogP contribution in [0, 0.1) is 15.9 Å². The molecule has 1 aromatic rings. The highest BCUT2D eigenvalue weighted by Crippen LogP contribution is 2.16. The third-order valence-electron chi connectivity index (χ3n) is 2.57. The summed E-state index contributed by atoms with van der Waals surface area (Å²) in [4.78, 5) is 32.6. The molecule has 1 aromatic carbocycles. The van der Waals surface area contributed by atoms with Crippen molar-refractivity contribution in [2.75, 3.05) is 13.7 Å². The van der Waals surface area contributed by atoms with E-state index in [1.807, 2.05) is 0 Å². The van der Waals surface area contributed by atoms with Crippen LogP contribution in [-0.2, 0) is 9.53 Å². The number of ether oxygens (including phenoxy) is 1. The Labute approximate surface area is 118 Å². The normalized spacial score (nSPS) is 11.7. The zero-order valence-electron chi connectivity index (χ0n) is 11.0. The van der Waals surface area contributed by atoms with E-state index in [4.69, 9.17) is 9.84 Å². The molecule has 1 rings (SSSR count). The maximum Gasteiger partial charge on any atom is 0.326 e. The van der Waals surface area contributed by atoms with Crippen LogP contribution in [0.2, 0.25) is 0 Å². The number of nitro benzene ring substituents is 1. The standard InChI is InChI=1S/C12H13FN2O6/c1-21-3-2-10(12(17)18)14-11(16)7-4-8(13)6-9(5-7)15(19)20/h4-6,10H,2-3H2,1H3,(H,14,16)(H,17,18). The highest BCUT2D eigenvalue weighted by Gasteiger charge is 2.22. The summed E-state index contributed by atoms with van der Waals surface area (Å²) < 4.78 is 17.9. The average Bonchev–Trinajstić information content (AvgIpc) is 2.42. The molecule has 1 amide bonds. The molecule has 1 unspecified atom stereocenters. The first-order valence-corrected chi connectivity index (χ1v) is 5.82. The number of rotatable bonds is 7. The average molecular weight is 300 g/mol. The smallest absolute Gasteiger partial charge is 0.326 e. The number of methoxy groups -OCH3 is 1. The third-order valence-corrected chi connectivity index (χ3v) is 2.57. The number of aliphatic carboxylic acids is 1. The topological polar surface area (TPSA) is 119 Å². The van der Waals surface area contributed by atoms with E-state index >= 15 is 0 Å². The lowest BCUT2D eigenvalue weighted by molar-refractivity contribution is -0.385. The SMILES string of the molecule is COCCC(NC(=O)c1cc(F)cc([N+](=O)[O-])c1)C(=O)O. The van der Waals surface area contributed by atoms with Crippen molar-refractivity contribution < 1.29 is 28.7 Å². The summed E-state index contributed by atoms with van der Waals surface area (Å²) in [5.41, 5.74) is -0.922. The molecule has 0 fully saturated rings. The van der Waals surface area contributed by atoms with Crippen molar-refractivity contribution in [2.45, 2.75) is 12.5 Å². The van der Waals surface area contributed by atoms with Crippen LogP contribution < -0.4 is 5.32 Å². The number of carboxylic acid groups (broad SMARTS) is 1. The van der Waals surface area contributed by atoms with Crippen LogP contribution in [0.5, 0.6) is 0 Å². The van der Waals surface area contributed by atoms with Gasteiger partial charge < -0.3 is 15.2 Å². The van der Waals surface area contributed by atoms with Gasteiger partial charge in [0.1, 0.15) is 11.9 Å². The second-order valence-electron chi connectivity index (χ2n) is 4.10. The van der Waals surface area contributed by atoms with Crippen LogP contribution in [0.3, 0.4) is 0 Å². The Morgan fingerprint density at radius 1 is 1.48 bits per heavy atom. The number of hydrogen-bond donors (Lipinski definition) is 2. The number of benzene rings is 1. The first-order valence-electron chi connectivity index (χ1n) is 5.82. The summed E-state index contributed by atoms with van der Waals surface area (Å²) in [7, 11) is 1.37. The van der Waals surface area contributed by atoms with E-state index in [2.05, 4.69) is 5.32 Å². The Balaban J connectivity index is 2.92. The summed E-state index contributed by atoms with van der Waals surface area (Å²) in [5.74, 6) is -3.16. The molecule has 0 saturated heterocycles. The Morgan fingerprint density at radius 3 is 2.67 bits per heavy atom. The predicted molar refractivity (Wildman–Crippen MR) is 68.4 cm³/mol. The highest BCUT2D eigenvalue weighted by molar-refractivity contribution is 5.97. The molecule has 8 nitrogen and oxygen atoms in total. The fourth-order valence-electron chi connectivity index (χ4n) is 1.55. The molecular formula is C12H13FN2O6. The molecule has 114 valence electrons. The van der Waals surface area contributed by atoms with Crippen LogP contribution in [0.15, 0.2) is 18.2 Å². The van der Waals surface area contributed by atoms with E-state index in [1.54, 1.807) is 0 Å². The fourth-order valence-corrected chi connectivity index (χ4v) is 1.55. The van der Waals surface area contributed by atoms with Gasteiger partial charge in [-0.2, -0.15) is 0 Å². The molecular weight excluding hydrogens is 287 g/mol. The van der Waals surface area contributed by atoms with E-state index in [0.717, 1.165) is 12.1 Å². The van der Waals surface area contributed by atoms with Crippen molar-refractivity contribution >= 4 is 17.6 Å². The number of carboxylic acids is 1. The van der Waals surface area contributed by atoms with Gasteiger partial charge >= 0.3 is 5.97 Å². The maximum absolute atomic E-state index is 13.2. The van der Waals surface area contributed by atoms with Gasteiger partial charge in [-0.15, -0.1) is 0 Å². The molecule has 1 atom stereocenters. The summed E-state index contributed by atoms with van der Waals surface area (Å²) in [6, 6.07) is 1.08. The van der Waals surface area contributed by atoms with Gasteiger partial charge in [-0.25, -0.2) is 9.18 Å². The largest absolute Gasteiger partial charge is 0.480 e. The Hall–Kier alpha value is -2.55. The molecule has 0 heterocycles. The van der Waals surface area contributed by atoms with Crippen molar-refractivity contribution in [2.24, 2.45) is 0 Å². The molecule has 0 radical (unpaired) electrons. The van der Waals surface area contributed by atoms with Crippen molar-refractivity contribution in [1.82, 2.24) is 5.32 Å². The molecule has 0 saturated carbocycles. The second-order valence-corrected chi connectivity index (χ2v) is 4.10. The third kappa shape index (κ3) is 4.80. The molecule has 0 aromatic heterocycles. The summed E-state index contributed by atoms with van der Waals surface area (Å²) in [6.07, 6.45) is 0.00891. The van der Waals surface area contributed by atoms with E-state index in [0.29, 0.717) is 6.07 Å². The zero-order valence-corrected chi connectivity index (χ0v) is 11.0. The lowest BCUT2D eigenvalue weighted by atomic mass is 10.1. The van der Waals surface area contributed by atoms with Gasteiger partial charge in [-0.3, -0.25) is 14.9 Å². The highest BCUT2D eigenvalue weighted by atomic mass is 19.1. The number of nitrogens with zero attached hydrogens (tertiary/aromatic N) is 1. The Morgan fingerprint density at radius 2 is 2.14 bits per heavy atom. The van der Waals surface area contributed by atoms with Gasteiger partial charge in [0.2, 0.25) is 0 Å². The lowest BCUT2D eigenvalue weighted by Crippen LogP contribution is -2.41. The lowest BCUT2D eigenvalue weighted by Gasteiger charge is -2.14. The number of hydrogen-bond acceptors (Lipinski definition) is 5. The predicted octanol–water partition coefficient (Wildman–Crippen LogP) is 0.953. The fraction of sp³-hybridized carbons (Fsp3) is 0.333. The summed E-state index contributed by atoms with van der Waals surface area (Å²) in [6.45, 7) is 0.0978. The first kappa shape index (κ1) is 16.5. The van der Waals surface area contributed by atoms with Gasteiger partial charge in [0.25, 0.3) is 11.6 Å². The minimum absolute atomic E-state index is 0.00891. The number of amides is 1. The van der Waals surface area contributed by atoms with Crippen molar-refractivity contribution in [1.29, 1.82) is 0 Å². The molecule has 0 aliphatic rings. The molecule has 2 N–H and O–H groups in total. The van der Waals surface area contributed by atoms with Crippen LogP contribution >= 0.6 is 0 Å². The van der Waals surface area contributed by atoms with Crippen LogP contribution in [0.25, 0.3) is 0 Å². The summed E-state index contributed by atoms with van der Waals surface area (Å²) in [5, 5.41) is 21.7. The molecule has 0 spiro atoms. The quantitative estimate of drug-likeness (QED) is 0.571. The molecule has 0 aliphatic carbocycles. The van der Waals surface area contributed by atoms with Crippen LogP contribution in [0.1, 0.15) is 16.8 Å². The van der Waals surface area contributed by atoms with E-state index in [1.165, 1.54) is 7.11 Å². The van der Waals surface area contributed by atoms with Gasteiger partial charge in [0.15, 0.2) is 0 Å². The van der Waals surface area contributed by atoms with Crippen LogP contribution in [0.4, 0.5) is 10.1 Å². The Bertz CT molecular complexity index is 563. The molecule has 0 bridgehead atoms. The maximum atomic E-state index is 13.2. The van der Waals surface area contributed by atoms with Crippen LogP contribution in [-0.4, -0.2) is 41.7 Å². The van der Waals surface area contributed by atoms with Gasteiger partial charge in [-0.05, 0) is 6.07 Å². The van der Waals surface area contributed by atoms with Crippen molar-refractivity contribution in [3.05, 3.63) is 39.7 Å². The minimum Gasteiger partial charge on any atom is -0.480 e. The van der Waals surface area contributed by atoms with Gasteiger partial charge in [0, 0.05) is 31.8 Å². The first-order chi connectivity index (χ1) is 9.85. The Kier molecular flexibility index (Phi) is 5.73. The van der Waals surface area contributed by atoms with Crippen molar-refractivity contribution in [3.8, 4) is 0 Å². The minimum atomic E-state index is -1.29. The second kappa shape index (κ2) is 7.29. The number of carbonyl (C=O) groups excluding carboxylic acids is 1. The number of carbonyl (C=O) groups is 2.